The molecule has 2 amide bonds. The van der Waals surface area contributed by atoms with Crippen molar-refractivity contribution in [3.05, 3.63) is 57.8 Å². The van der Waals surface area contributed by atoms with Crippen LogP contribution in [-0.2, 0) is 0 Å². The monoisotopic (exact) mass is 303 g/mol. The van der Waals surface area contributed by atoms with E-state index in [4.69, 9.17) is 4.42 Å². The van der Waals surface area contributed by atoms with Gasteiger partial charge in [-0.25, -0.2) is 0 Å². The third kappa shape index (κ3) is 3.48. The number of carbonyl (C=O) groups excluding carboxylic acids is 2. The molecular weight excluding hydrogens is 290 g/mol. The lowest BCUT2D eigenvalue weighted by atomic mass is 10.2. The number of amides is 2. The lowest BCUT2D eigenvalue weighted by Crippen LogP contribution is -2.22. The highest BCUT2D eigenvalue weighted by molar-refractivity contribution is 6.02. The number of carbonyl (C=O) groups is 2. The van der Waals surface area contributed by atoms with Crippen LogP contribution in [0.4, 0.5) is 11.6 Å². The third-order valence-corrected chi connectivity index (χ3v) is 2.74. The van der Waals surface area contributed by atoms with E-state index >= 15 is 0 Å². The van der Waals surface area contributed by atoms with E-state index in [9.17, 15) is 19.7 Å². The molecule has 0 bridgehead atoms. The zero-order valence-corrected chi connectivity index (χ0v) is 11.7. The van der Waals surface area contributed by atoms with E-state index in [0.29, 0.717) is 17.8 Å². The first kappa shape index (κ1) is 15.2. The van der Waals surface area contributed by atoms with Crippen molar-refractivity contribution in [2.45, 2.75) is 6.92 Å². The van der Waals surface area contributed by atoms with Gasteiger partial charge in [-0.3, -0.25) is 19.7 Å². The van der Waals surface area contributed by atoms with Gasteiger partial charge >= 0.3 is 5.88 Å². The van der Waals surface area contributed by atoms with Crippen molar-refractivity contribution >= 4 is 23.4 Å². The molecule has 0 unspecified atom stereocenters. The maximum absolute atomic E-state index is 11.9. The minimum atomic E-state index is -0.724. The van der Waals surface area contributed by atoms with Crippen molar-refractivity contribution in [2.24, 2.45) is 0 Å². The number of nitrogens with zero attached hydrogens (tertiary/aromatic N) is 1. The van der Waals surface area contributed by atoms with E-state index in [0.717, 1.165) is 6.07 Å². The van der Waals surface area contributed by atoms with Crippen LogP contribution in [0.25, 0.3) is 0 Å². The van der Waals surface area contributed by atoms with Gasteiger partial charge in [-0.15, -0.1) is 0 Å². The number of anilines is 1. The molecule has 1 aromatic heterocycles. The standard InChI is InChI=1S/C14H13N3O5/c1-2-15-13(18)9-3-5-10(6-4-9)16-14(19)11-7-8-12(22-11)17(20)21/h3-8H,2H2,1H3,(H,15,18)(H,16,19). The predicted molar refractivity (Wildman–Crippen MR) is 77.8 cm³/mol. The highest BCUT2D eigenvalue weighted by atomic mass is 16.6. The molecule has 0 aliphatic heterocycles. The zero-order chi connectivity index (χ0) is 16.1. The molecule has 0 radical (unpaired) electrons. The van der Waals surface area contributed by atoms with Gasteiger partial charge < -0.3 is 15.1 Å². The first-order chi connectivity index (χ1) is 10.5. The summed E-state index contributed by atoms with van der Waals surface area (Å²) >= 11 is 0. The van der Waals surface area contributed by atoms with Gasteiger partial charge in [-0.2, -0.15) is 0 Å². The fourth-order valence-corrected chi connectivity index (χ4v) is 1.71. The van der Waals surface area contributed by atoms with E-state index in [-0.39, 0.29) is 11.7 Å². The van der Waals surface area contributed by atoms with Crippen LogP contribution in [0.15, 0.2) is 40.8 Å². The number of nitro groups is 1. The highest BCUT2D eigenvalue weighted by Gasteiger charge is 2.17. The number of hydrogen-bond acceptors (Lipinski definition) is 5. The van der Waals surface area contributed by atoms with Gasteiger partial charge in [0.1, 0.15) is 4.92 Å². The number of nitrogens with one attached hydrogen (secondary N) is 2. The Hall–Kier alpha value is -3.16. The molecule has 2 N–H and O–H groups in total. The average Bonchev–Trinajstić information content (AvgIpc) is 2.98. The normalized spacial score (nSPS) is 10.0. The lowest BCUT2D eigenvalue weighted by molar-refractivity contribution is -0.402. The highest BCUT2D eigenvalue weighted by Crippen LogP contribution is 2.17. The van der Waals surface area contributed by atoms with Crippen LogP contribution in [0.3, 0.4) is 0 Å². The molecule has 1 aromatic carbocycles. The Bertz CT molecular complexity index is 706. The summed E-state index contributed by atoms with van der Waals surface area (Å²) in [6.07, 6.45) is 0. The quantitative estimate of drug-likeness (QED) is 0.649. The summed E-state index contributed by atoms with van der Waals surface area (Å²) in [5.74, 6) is -1.49. The van der Waals surface area contributed by atoms with Crippen LogP contribution >= 0.6 is 0 Å². The lowest BCUT2D eigenvalue weighted by Gasteiger charge is -2.05. The summed E-state index contributed by atoms with van der Waals surface area (Å²) < 4.78 is 4.80. The second-order valence-electron chi connectivity index (χ2n) is 4.29. The molecule has 114 valence electrons. The fraction of sp³-hybridized carbons (Fsp3) is 0.143. The second kappa shape index (κ2) is 6.53. The number of rotatable bonds is 5. The van der Waals surface area contributed by atoms with E-state index in [1.807, 2.05) is 6.92 Å². The largest absolute Gasteiger partial charge is 0.433 e. The molecule has 1 heterocycles. The molecule has 0 spiro atoms. The van der Waals surface area contributed by atoms with E-state index in [1.165, 1.54) is 6.07 Å². The first-order valence-corrected chi connectivity index (χ1v) is 6.45. The molecule has 2 aromatic rings. The van der Waals surface area contributed by atoms with Crippen molar-refractivity contribution in [2.75, 3.05) is 11.9 Å². The summed E-state index contributed by atoms with van der Waals surface area (Å²) in [4.78, 5) is 33.2. The number of hydrogen-bond donors (Lipinski definition) is 2. The molecule has 8 heteroatoms. The molecule has 2 rings (SSSR count). The summed E-state index contributed by atoms with van der Waals surface area (Å²) in [6.45, 7) is 2.34. The van der Waals surface area contributed by atoms with Crippen molar-refractivity contribution in [1.29, 1.82) is 0 Å². The van der Waals surface area contributed by atoms with Crippen molar-refractivity contribution < 1.29 is 18.9 Å². The summed E-state index contributed by atoms with van der Waals surface area (Å²) in [5, 5.41) is 15.7. The third-order valence-electron chi connectivity index (χ3n) is 2.74. The van der Waals surface area contributed by atoms with Crippen molar-refractivity contribution in [3.63, 3.8) is 0 Å². The molecule has 0 saturated carbocycles. The van der Waals surface area contributed by atoms with Crippen LogP contribution < -0.4 is 10.6 Å². The second-order valence-corrected chi connectivity index (χ2v) is 4.29. The fourth-order valence-electron chi connectivity index (χ4n) is 1.71. The first-order valence-electron chi connectivity index (χ1n) is 6.45. The van der Waals surface area contributed by atoms with Crippen LogP contribution in [-0.4, -0.2) is 23.3 Å². The Morgan fingerprint density at radius 2 is 1.82 bits per heavy atom. The Kier molecular flexibility index (Phi) is 4.52. The van der Waals surface area contributed by atoms with Gasteiger partial charge in [0.15, 0.2) is 5.76 Å². The van der Waals surface area contributed by atoms with Crippen LogP contribution in [0, 0.1) is 10.1 Å². The molecule has 8 nitrogen and oxygen atoms in total. The topological polar surface area (TPSA) is 114 Å². The van der Waals surface area contributed by atoms with E-state index < -0.39 is 16.7 Å². The molecule has 0 atom stereocenters. The molecule has 22 heavy (non-hydrogen) atoms. The number of furan rings is 1. The summed E-state index contributed by atoms with van der Waals surface area (Å²) in [5.41, 5.74) is 0.908. The SMILES string of the molecule is CCNC(=O)c1ccc(NC(=O)c2ccc([N+](=O)[O-])o2)cc1. The Labute approximate surface area is 125 Å². The van der Waals surface area contributed by atoms with Gasteiger partial charge in [0.2, 0.25) is 0 Å². The van der Waals surface area contributed by atoms with Gasteiger partial charge in [-0.05, 0) is 37.3 Å². The van der Waals surface area contributed by atoms with Gasteiger partial charge in [0, 0.05) is 17.8 Å². The summed E-state index contributed by atoms with van der Waals surface area (Å²) in [6, 6.07) is 8.56. The van der Waals surface area contributed by atoms with E-state index in [2.05, 4.69) is 10.6 Å². The summed E-state index contributed by atoms with van der Waals surface area (Å²) in [7, 11) is 0. The van der Waals surface area contributed by atoms with Crippen LogP contribution in [0.1, 0.15) is 27.8 Å². The van der Waals surface area contributed by atoms with Crippen LogP contribution in [0.2, 0.25) is 0 Å². The molecule has 0 saturated heterocycles. The molecule has 0 aliphatic carbocycles. The van der Waals surface area contributed by atoms with Gasteiger partial charge in [-0.1, -0.05) is 0 Å². The Morgan fingerprint density at radius 3 is 2.36 bits per heavy atom. The Morgan fingerprint density at radius 1 is 1.14 bits per heavy atom. The molecule has 0 aliphatic rings. The zero-order valence-electron chi connectivity index (χ0n) is 11.7. The predicted octanol–water partition coefficient (Wildman–Crippen LogP) is 2.19. The molecular formula is C14H13N3O5. The Balaban J connectivity index is 2.05. The van der Waals surface area contributed by atoms with Crippen LogP contribution in [0.5, 0.6) is 0 Å². The minimum absolute atomic E-state index is 0.167. The van der Waals surface area contributed by atoms with Gasteiger partial charge in [0.25, 0.3) is 11.8 Å². The van der Waals surface area contributed by atoms with E-state index in [1.54, 1.807) is 24.3 Å². The maximum atomic E-state index is 11.9. The van der Waals surface area contributed by atoms with Crippen molar-refractivity contribution in [1.82, 2.24) is 5.32 Å². The minimum Gasteiger partial charge on any atom is -0.395 e. The number of benzene rings is 1. The smallest absolute Gasteiger partial charge is 0.395 e. The maximum Gasteiger partial charge on any atom is 0.433 e. The van der Waals surface area contributed by atoms with Gasteiger partial charge in [0.05, 0.1) is 6.07 Å². The van der Waals surface area contributed by atoms with Crippen molar-refractivity contribution in [3.8, 4) is 0 Å². The average molecular weight is 303 g/mol. The molecule has 0 fully saturated rings.